The molecule has 2 nitrogen and oxygen atoms in total. The molecule has 1 aromatic carbocycles. The van der Waals surface area contributed by atoms with Gasteiger partial charge in [-0.25, -0.2) is 0 Å². The lowest BCUT2D eigenvalue weighted by atomic mass is 10.1. The van der Waals surface area contributed by atoms with Crippen molar-refractivity contribution in [2.45, 2.75) is 19.8 Å². The van der Waals surface area contributed by atoms with Crippen molar-refractivity contribution in [3.05, 3.63) is 28.2 Å². The smallest absolute Gasteiger partial charge is 0.0612 e. The maximum Gasteiger partial charge on any atom is 0.0612 e. The fraction of sp³-hybridized carbons (Fsp3) is 0.571. The Morgan fingerprint density at radius 1 is 1.33 bits per heavy atom. The Balaban J connectivity index is 1.89. The summed E-state index contributed by atoms with van der Waals surface area (Å²) in [6, 6.07) is 5.89. The highest BCUT2D eigenvalue weighted by Gasteiger charge is 2.22. The first-order valence-electron chi connectivity index (χ1n) is 6.61. The number of anilines is 1. The van der Waals surface area contributed by atoms with Gasteiger partial charge in [-0.05, 0) is 50.0 Å². The van der Waals surface area contributed by atoms with Gasteiger partial charge in [0.1, 0.15) is 0 Å². The Labute approximate surface area is 119 Å². The monoisotopic (exact) mass is 286 g/mol. The first-order valence-corrected chi connectivity index (χ1v) is 7.37. The topological polar surface area (TPSA) is 15.3 Å². The molecule has 0 amide bonds. The maximum atomic E-state index is 6.06. The van der Waals surface area contributed by atoms with Gasteiger partial charge in [0, 0.05) is 18.8 Å². The van der Waals surface area contributed by atoms with E-state index in [1.165, 1.54) is 18.5 Å². The molecular formula is C14H20Cl2N2. The van der Waals surface area contributed by atoms with Gasteiger partial charge in [0.2, 0.25) is 0 Å². The summed E-state index contributed by atoms with van der Waals surface area (Å²) in [5.41, 5.74) is 1.18. The van der Waals surface area contributed by atoms with Gasteiger partial charge in [0.05, 0.1) is 10.0 Å². The third-order valence-electron chi connectivity index (χ3n) is 3.41. The molecule has 0 radical (unpaired) electrons. The highest BCUT2D eigenvalue weighted by molar-refractivity contribution is 6.42. The number of hydrogen-bond acceptors (Lipinski definition) is 2. The van der Waals surface area contributed by atoms with E-state index in [2.05, 4.69) is 23.2 Å². The van der Waals surface area contributed by atoms with Crippen molar-refractivity contribution >= 4 is 28.9 Å². The van der Waals surface area contributed by atoms with E-state index in [0.717, 1.165) is 32.1 Å². The summed E-state index contributed by atoms with van der Waals surface area (Å²) in [5.74, 6) is 0.742. The molecule has 0 bridgehead atoms. The number of rotatable bonds is 5. The minimum atomic E-state index is 0.626. The van der Waals surface area contributed by atoms with Crippen molar-refractivity contribution in [1.29, 1.82) is 0 Å². The van der Waals surface area contributed by atoms with Crippen LogP contribution in [0.5, 0.6) is 0 Å². The van der Waals surface area contributed by atoms with Crippen LogP contribution in [0.25, 0.3) is 0 Å². The Morgan fingerprint density at radius 3 is 2.89 bits per heavy atom. The first-order chi connectivity index (χ1) is 8.70. The van der Waals surface area contributed by atoms with Crippen LogP contribution in [0.3, 0.4) is 0 Å². The maximum absolute atomic E-state index is 6.06. The van der Waals surface area contributed by atoms with E-state index in [-0.39, 0.29) is 0 Å². The van der Waals surface area contributed by atoms with Crippen LogP contribution in [0.1, 0.15) is 19.8 Å². The molecule has 0 aromatic heterocycles. The lowest BCUT2D eigenvalue weighted by molar-refractivity contribution is 0.516. The number of halogens is 2. The molecule has 1 fully saturated rings. The average molecular weight is 287 g/mol. The van der Waals surface area contributed by atoms with Crippen LogP contribution >= 0.6 is 23.2 Å². The highest BCUT2D eigenvalue weighted by Crippen LogP contribution is 2.30. The molecule has 1 aromatic rings. The van der Waals surface area contributed by atoms with Gasteiger partial charge in [-0.1, -0.05) is 30.1 Å². The minimum Gasteiger partial charge on any atom is -0.371 e. The van der Waals surface area contributed by atoms with E-state index in [1.54, 1.807) is 0 Å². The van der Waals surface area contributed by atoms with Gasteiger partial charge in [-0.15, -0.1) is 0 Å². The number of nitrogens with one attached hydrogen (secondary N) is 1. The molecule has 100 valence electrons. The highest BCUT2D eigenvalue weighted by atomic mass is 35.5. The summed E-state index contributed by atoms with van der Waals surface area (Å²) >= 11 is 12.0. The molecule has 1 atom stereocenters. The Kier molecular flexibility index (Phi) is 5.16. The molecule has 1 heterocycles. The quantitative estimate of drug-likeness (QED) is 0.828. The number of nitrogens with zero attached hydrogens (tertiary/aromatic N) is 1. The predicted octanol–water partition coefficient (Wildman–Crippen LogP) is 3.82. The van der Waals surface area contributed by atoms with Gasteiger partial charge < -0.3 is 10.2 Å². The Bertz CT molecular complexity index is 395. The van der Waals surface area contributed by atoms with Crippen LogP contribution in [0.15, 0.2) is 18.2 Å². The van der Waals surface area contributed by atoms with E-state index < -0.39 is 0 Å². The summed E-state index contributed by atoms with van der Waals surface area (Å²) in [6.07, 6.45) is 2.44. The van der Waals surface area contributed by atoms with Gasteiger partial charge in [-0.3, -0.25) is 0 Å². The lowest BCUT2D eigenvalue weighted by Gasteiger charge is -2.19. The van der Waals surface area contributed by atoms with E-state index in [9.17, 15) is 0 Å². The molecule has 1 aliphatic heterocycles. The van der Waals surface area contributed by atoms with Crippen LogP contribution < -0.4 is 10.2 Å². The van der Waals surface area contributed by atoms with Gasteiger partial charge in [0.15, 0.2) is 0 Å². The van der Waals surface area contributed by atoms with Crippen LogP contribution in [-0.4, -0.2) is 26.2 Å². The van der Waals surface area contributed by atoms with Crippen molar-refractivity contribution in [3.63, 3.8) is 0 Å². The second-order valence-electron chi connectivity index (χ2n) is 4.90. The van der Waals surface area contributed by atoms with Crippen molar-refractivity contribution in [1.82, 2.24) is 5.32 Å². The minimum absolute atomic E-state index is 0.626. The van der Waals surface area contributed by atoms with Crippen LogP contribution in [-0.2, 0) is 0 Å². The molecule has 1 N–H and O–H groups in total. The standard InChI is InChI=1S/C14H20Cl2N2/c1-2-6-17-9-11-5-7-18(10-11)12-3-4-13(15)14(16)8-12/h3-4,8,11,17H,2,5-7,9-10H2,1H3. The summed E-state index contributed by atoms with van der Waals surface area (Å²) in [7, 11) is 0. The molecule has 2 rings (SSSR count). The summed E-state index contributed by atoms with van der Waals surface area (Å²) < 4.78 is 0. The van der Waals surface area contributed by atoms with Gasteiger partial charge in [0.25, 0.3) is 0 Å². The lowest BCUT2D eigenvalue weighted by Crippen LogP contribution is -2.26. The molecule has 0 aliphatic carbocycles. The second kappa shape index (κ2) is 6.65. The molecule has 1 unspecified atom stereocenters. The SMILES string of the molecule is CCCNCC1CCN(c2ccc(Cl)c(Cl)c2)C1. The van der Waals surface area contributed by atoms with Crippen molar-refractivity contribution in [3.8, 4) is 0 Å². The molecule has 1 aliphatic rings. The fourth-order valence-corrected chi connectivity index (χ4v) is 2.69. The van der Waals surface area contributed by atoms with E-state index in [4.69, 9.17) is 23.2 Å². The van der Waals surface area contributed by atoms with Gasteiger partial charge >= 0.3 is 0 Å². The zero-order chi connectivity index (χ0) is 13.0. The molecule has 0 spiro atoms. The van der Waals surface area contributed by atoms with Crippen molar-refractivity contribution in [2.75, 3.05) is 31.1 Å². The molecule has 0 saturated carbocycles. The van der Waals surface area contributed by atoms with E-state index in [1.807, 2.05) is 12.1 Å². The number of benzene rings is 1. The third-order valence-corrected chi connectivity index (χ3v) is 4.15. The Morgan fingerprint density at radius 2 is 2.17 bits per heavy atom. The first kappa shape index (κ1) is 14.0. The zero-order valence-electron chi connectivity index (χ0n) is 10.8. The average Bonchev–Trinajstić information content (AvgIpc) is 2.82. The van der Waals surface area contributed by atoms with E-state index in [0.29, 0.717) is 10.0 Å². The summed E-state index contributed by atoms with van der Waals surface area (Å²) in [4.78, 5) is 2.39. The predicted molar refractivity (Wildman–Crippen MR) is 79.9 cm³/mol. The summed E-state index contributed by atoms with van der Waals surface area (Å²) in [6.45, 7) is 6.64. The molecule has 18 heavy (non-hydrogen) atoms. The van der Waals surface area contributed by atoms with E-state index >= 15 is 0 Å². The van der Waals surface area contributed by atoms with Gasteiger partial charge in [-0.2, -0.15) is 0 Å². The molecule has 4 heteroatoms. The summed E-state index contributed by atoms with van der Waals surface area (Å²) in [5, 5.41) is 4.76. The fourth-order valence-electron chi connectivity index (χ4n) is 2.40. The normalized spacial score (nSPS) is 19.5. The van der Waals surface area contributed by atoms with Crippen molar-refractivity contribution < 1.29 is 0 Å². The number of hydrogen-bond donors (Lipinski definition) is 1. The third kappa shape index (κ3) is 3.53. The molecule has 1 saturated heterocycles. The second-order valence-corrected chi connectivity index (χ2v) is 5.72. The van der Waals surface area contributed by atoms with Crippen molar-refractivity contribution in [2.24, 2.45) is 5.92 Å². The molecular weight excluding hydrogens is 267 g/mol. The zero-order valence-corrected chi connectivity index (χ0v) is 12.3. The van der Waals surface area contributed by atoms with Crippen LogP contribution in [0, 0.1) is 5.92 Å². The van der Waals surface area contributed by atoms with Crippen LogP contribution in [0.2, 0.25) is 10.0 Å². The largest absolute Gasteiger partial charge is 0.371 e. The Hall–Kier alpha value is -0.440. The van der Waals surface area contributed by atoms with Crippen LogP contribution in [0.4, 0.5) is 5.69 Å².